The average molecular weight is 739 g/mol. The minimum Gasteiger partial charge on any atom is -0.396 e. The summed E-state index contributed by atoms with van der Waals surface area (Å²) in [6.45, 7) is 2.89. The Morgan fingerprint density at radius 1 is 0.423 bits per heavy atom. The van der Waals surface area contributed by atoms with E-state index in [4.69, 9.17) is 33.2 Å². The first-order valence-electron chi connectivity index (χ1n) is 18.6. The van der Waals surface area contributed by atoms with Gasteiger partial charge in [-0.25, -0.2) is 0 Å². The van der Waals surface area contributed by atoms with Crippen molar-refractivity contribution in [2.45, 2.75) is 80.2 Å². The molecule has 0 radical (unpaired) electrons. The molecule has 0 saturated heterocycles. The molecule has 0 spiro atoms. The second kappa shape index (κ2) is 20.9. The third-order valence-corrected chi connectivity index (χ3v) is 12.1. The van der Waals surface area contributed by atoms with Gasteiger partial charge in [0.25, 0.3) is 0 Å². The average Bonchev–Trinajstić information content (AvgIpc) is 3.18. The topological polar surface area (TPSA) is 152 Å². The van der Waals surface area contributed by atoms with Crippen LogP contribution in [0, 0.1) is 29.6 Å². The normalized spacial score (nSPS) is 40.7. The number of hydrogen-bond donors (Lipinski definition) is 4. The number of ether oxygens (including phenoxy) is 7. The number of aliphatic hydroxyl groups excluding tert-OH is 4. The van der Waals surface area contributed by atoms with Crippen molar-refractivity contribution in [2.24, 2.45) is 29.6 Å². The zero-order chi connectivity index (χ0) is 37.9. The summed E-state index contributed by atoms with van der Waals surface area (Å²) in [5.41, 5.74) is 0. The molecule has 4 aliphatic carbocycles. The molecule has 4 rings (SSSR count). The van der Waals surface area contributed by atoms with Gasteiger partial charge < -0.3 is 53.6 Å². The highest BCUT2D eigenvalue weighted by Crippen LogP contribution is 2.37. The van der Waals surface area contributed by atoms with Crippen molar-refractivity contribution in [1.82, 2.24) is 9.80 Å². The first-order chi connectivity index (χ1) is 25.3. The monoisotopic (exact) mass is 738 g/mol. The van der Waals surface area contributed by atoms with Crippen molar-refractivity contribution in [3.05, 3.63) is 48.6 Å². The number of hydrogen-bond acceptors (Lipinski definition) is 13. The molecule has 0 aromatic heterocycles. The summed E-state index contributed by atoms with van der Waals surface area (Å²) in [6.07, 6.45) is 15.0. The fraction of sp³-hybridized carbons (Fsp3) is 0.795. The summed E-state index contributed by atoms with van der Waals surface area (Å²) >= 11 is 0. The molecule has 1 unspecified atom stereocenters. The molecule has 0 bridgehead atoms. The largest absolute Gasteiger partial charge is 0.396 e. The van der Waals surface area contributed by atoms with E-state index < -0.39 is 12.2 Å². The molecule has 0 aromatic rings. The maximum absolute atomic E-state index is 10.8. The van der Waals surface area contributed by atoms with Gasteiger partial charge in [0.05, 0.1) is 43.6 Å². The summed E-state index contributed by atoms with van der Waals surface area (Å²) in [6, 6.07) is -0.921. The zero-order valence-corrected chi connectivity index (χ0v) is 32.3. The van der Waals surface area contributed by atoms with Gasteiger partial charge in [0.15, 0.2) is 0 Å². The summed E-state index contributed by atoms with van der Waals surface area (Å²) in [4.78, 5) is 4.72. The van der Waals surface area contributed by atoms with E-state index in [0.717, 1.165) is 0 Å². The van der Waals surface area contributed by atoms with Crippen LogP contribution in [-0.4, -0.2) is 186 Å². The van der Waals surface area contributed by atoms with Gasteiger partial charge in [-0.3, -0.25) is 9.80 Å². The molecule has 52 heavy (non-hydrogen) atoms. The van der Waals surface area contributed by atoms with Gasteiger partial charge >= 0.3 is 0 Å². The second-order valence-corrected chi connectivity index (χ2v) is 14.5. The van der Waals surface area contributed by atoms with Gasteiger partial charge in [-0.05, 0) is 6.42 Å². The molecule has 4 N–H and O–H groups in total. The molecule has 13 nitrogen and oxygen atoms in total. The predicted molar refractivity (Wildman–Crippen MR) is 197 cm³/mol. The Balaban J connectivity index is 1.75. The molecule has 4 aliphatic rings. The smallest absolute Gasteiger partial charge is 0.115 e. The lowest BCUT2D eigenvalue weighted by molar-refractivity contribution is -0.128. The van der Waals surface area contributed by atoms with Gasteiger partial charge in [0.2, 0.25) is 0 Å². The van der Waals surface area contributed by atoms with Gasteiger partial charge in [0.1, 0.15) is 24.4 Å². The minimum atomic E-state index is -0.416. The molecule has 0 saturated carbocycles. The third-order valence-electron chi connectivity index (χ3n) is 12.1. The molecule has 0 heterocycles. The highest BCUT2D eigenvalue weighted by atomic mass is 16.6. The first kappa shape index (κ1) is 43.2. The Labute approximate surface area is 310 Å². The summed E-state index contributed by atoms with van der Waals surface area (Å²) in [7, 11) is 11.6. The van der Waals surface area contributed by atoms with Gasteiger partial charge in [-0.1, -0.05) is 55.5 Å². The Hall–Kier alpha value is -1.56. The van der Waals surface area contributed by atoms with E-state index in [2.05, 4.69) is 47.1 Å². The SMILES string of the molecule is CO[C@H]1[C@H](CO)[C@@H](N(CCCN(C2C=C[C@@H](CO)[C@@H](OC)[C@@H]2OC)[C@H]2C=C[C@@H](OC)[C@@H](CO)[C@@H]2CO)[C@H]2C=C[C@@H](OC)[C@@H](OC)[C@@H]2OC)C=C[C@H]1C. The number of aliphatic hydroxyl groups is 4. The molecular weight excluding hydrogens is 672 g/mol. The first-order valence-corrected chi connectivity index (χ1v) is 18.6. The second-order valence-electron chi connectivity index (χ2n) is 14.5. The van der Waals surface area contributed by atoms with E-state index in [0.29, 0.717) is 19.5 Å². The molecule has 13 heteroatoms. The van der Waals surface area contributed by atoms with Crippen LogP contribution in [0.2, 0.25) is 0 Å². The number of nitrogens with zero attached hydrogens (tertiary/aromatic N) is 2. The molecule has 0 aliphatic heterocycles. The van der Waals surface area contributed by atoms with Crippen LogP contribution in [0.15, 0.2) is 48.6 Å². The fourth-order valence-electron chi connectivity index (χ4n) is 9.45. The van der Waals surface area contributed by atoms with Crippen LogP contribution in [0.3, 0.4) is 0 Å². The predicted octanol–water partition coefficient (Wildman–Crippen LogP) is 0.909. The van der Waals surface area contributed by atoms with Crippen LogP contribution in [-0.2, 0) is 33.2 Å². The molecule has 0 amide bonds. The lowest BCUT2D eigenvalue weighted by atomic mass is 9.76. The van der Waals surface area contributed by atoms with Crippen molar-refractivity contribution in [2.75, 3.05) is 89.3 Å². The Morgan fingerprint density at radius 3 is 1.38 bits per heavy atom. The standard InChI is InChI=1S/C39H66N2O11/c1-24-10-12-30(28(23-45)35(24)48-4)41(32-15-17-34(47-3)39(52-8)38(32)51-7)19-9-18-40(29-14-16-33(46-2)27(22-44)26(29)21-43)31-13-11-25(20-42)36(49-5)37(31)50-6/h10-17,24-39,42-45H,9,18-23H2,1-8H3/t24-,25+,26+,27+,28-,29+,30+,31?,32+,33-,34-,35-,36-,37-,38-,39-/m1/s1. The number of rotatable bonds is 19. The summed E-state index contributed by atoms with van der Waals surface area (Å²) in [5.74, 6) is -0.941. The molecule has 298 valence electrons. The quantitative estimate of drug-likeness (QED) is 0.139. The van der Waals surface area contributed by atoms with Gasteiger partial charge in [-0.2, -0.15) is 0 Å². The van der Waals surface area contributed by atoms with E-state index in [1.807, 2.05) is 18.2 Å². The molecule has 0 fully saturated rings. The molecular formula is C39H66N2O11. The Kier molecular flexibility index (Phi) is 17.4. The van der Waals surface area contributed by atoms with E-state index in [1.165, 1.54) is 0 Å². The van der Waals surface area contributed by atoms with Crippen molar-refractivity contribution >= 4 is 0 Å². The van der Waals surface area contributed by atoms with E-state index in [-0.39, 0.29) is 111 Å². The maximum atomic E-state index is 10.8. The van der Waals surface area contributed by atoms with Crippen LogP contribution in [0.5, 0.6) is 0 Å². The van der Waals surface area contributed by atoms with Crippen molar-refractivity contribution in [1.29, 1.82) is 0 Å². The lowest BCUT2D eigenvalue weighted by Crippen LogP contribution is -2.62. The van der Waals surface area contributed by atoms with Crippen molar-refractivity contribution < 1.29 is 53.6 Å². The summed E-state index contributed by atoms with van der Waals surface area (Å²) < 4.78 is 41.6. The van der Waals surface area contributed by atoms with E-state index in [9.17, 15) is 20.4 Å². The van der Waals surface area contributed by atoms with Crippen LogP contribution in [0.1, 0.15) is 13.3 Å². The Bertz CT molecular complexity index is 1130. The third kappa shape index (κ3) is 8.94. The van der Waals surface area contributed by atoms with Crippen LogP contribution < -0.4 is 0 Å². The highest BCUT2D eigenvalue weighted by molar-refractivity contribution is 5.19. The number of methoxy groups -OCH3 is 7. The van der Waals surface area contributed by atoms with Crippen LogP contribution >= 0.6 is 0 Å². The maximum Gasteiger partial charge on any atom is 0.115 e. The lowest BCUT2D eigenvalue weighted by Gasteiger charge is -2.50. The molecule has 0 aromatic carbocycles. The molecule has 16 atom stereocenters. The van der Waals surface area contributed by atoms with Crippen molar-refractivity contribution in [3.63, 3.8) is 0 Å². The van der Waals surface area contributed by atoms with E-state index >= 15 is 0 Å². The highest BCUT2D eigenvalue weighted by Gasteiger charge is 2.47. The fourth-order valence-corrected chi connectivity index (χ4v) is 9.45. The Morgan fingerprint density at radius 2 is 0.885 bits per heavy atom. The van der Waals surface area contributed by atoms with E-state index in [1.54, 1.807) is 49.8 Å². The van der Waals surface area contributed by atoms with Crippen LogP contribution in [0.4, 0.5) is 0 Å². The minimum absolute atomic E-state index is 0.0515. The van der Waals surface area contributed by atoms with Crippen LogP contribution in [0.25, 0.3) is 0 Å². The van der Waals surface area contributed by atoms with Gasteiger partial charge in [0, 0.05) is 118 Å². The summed E-state index contributed by atoms with van der Waals surface area (Å²) in [5, 5.41) is 42.3. The zero-order valence-electron chi connectivity index (χ0n) is 32.3. The van der Waals surface area contributed by atoms with Crippen molar-refractivity contribution in [3.8, 4) is 0 Å². The van der Waals surface area contributed by atoms with Gasteiger partial charge in [-0.15, -0.1) is 0 Å².